The Morgan fingerprint density at radius 3 is 2.87 bits per heavy atom. The van der Waals surface area contributed by atoms with E-state index in [-0.39, 0.29) is 5.91 Å². The van der Waals surface area contributed by atoms with Gasteiger partial charge in [-0.15, -0.1) is 0 Å². The number of nitrogens with zero attached hydrogens (tertiary/aromatic N) is 2. The second-order valence-corrected chi connectivity index (χ2v) is 6.09. The molecular weight excluding hydrogens is 333 g/mol. The molecule has 0 saturated heterocycles. The van der Waals surface area contributed by atoms with Gasteiger partial charge >= 0.3 is 0 Å². The Hall–Kier alpha value is -2.04. The standard InChI is InChI=1S/C17H15Cl2N3O/c1-11-15(22-9-3-2-4-16(22)20-11)7-8-17(23)21-14-6-5-12(18)10-13(14)19/h2-6,9-10H,7-8H2,1H3,(H,21,23). The molecule has 0 atom stereocenters. The summed E-state index contributed by atoms with van der Waals surface area (Å²) in [6.07, 6.45) is 2.91. The largest absolute Gasteiger partial charge is 0.325 e. The van der Waals surface area contributed by atoms with Crippen molar-refractivity contribution >= 4 is 40.4 Å². The first-order chi connectivity index (χ1) is 11.0. The second-order valence-electron chi connectivity index (χ2n) is 5.25. The van der Waals surface area contributed by atoms with Crippen LogP contribution in [0.25, 0.3) is 5.65 Å². The zero-order valence-electron chi connectivity index (χ0n) is 12.5. The molecule has 6 heteroatoms. The lowest BCUT2D eigenvalue weighted by Gasteiger charge is -2.08. The van der Waals surface area contributed by atoms with Crippen molar-refractivity contribution in [1.82, 2.24) is 9.38 Å². The number of hydrogen-bond acceptors (Lipinski definition) is 2. The van der Waals surface area contributed by atoms with Crippen LogP contribution >= 0.6 is 23.2 Å². The van der Waals surface area contributed by atoms with Gasteiger partial charge < -0.3 is 9.72 Å². The van der Waals surface area contributed by atoms with Crippen molar-refractivity contribution in [3.8, 4) is 0 Å². The highest BCUT2D eigenvalue weighted by Crippen LogP contribution is 2.25. The Morgan fingerprint density at radius 1 is 1.26 bits per heavy atom. The third-order valence-corrected chi connectivity index (χ3v) is 4.17. The fourth-order valence-corrected chi connectivity index (χ4v) is 2.96. The molecule has 0 saturated carbocycles. The summed E-state index contributed by atoms with van der Waals surface area (Å²) < 4.78 is 2.01. The van der Waals surface area contributed by atoms with E-state index in [0.29, 0.717) is 28.6 Å². The normalized spacial score (nSPS) is 10.9. The molecule has 0 aliphatic heterocycles. The summed E-state index contributed by atoms with van der Waals surface area (Å²) in [5.74, 6) is -0.0977. The number of rotatable bonds is 4. The lowest BCUT2D eigenvalue weighted by atomic mass is 10.2. The molecule has 23 heavy (non-hydrogen) atoms. The molecule has 0 aliphatic carbocycles. The van der Waals surface area contributed by atoms with E-state index in [1.54, 1.807) is 18.2 Å². The van der Waals surface area contributed by atoms with Gasteiger partial charge in [0.05, 0.1) is 16.4 Å². The minimum Gasteiger partial charge on any atom is -0.325 e. The second kappa shape index (κ2) is 6.60. The summed E-state index contributed by atoms with van der Waals surface area (Å²) in [6, 6.07) is 10.8. The van der Waals surface area contributed by atoms with Gasteiger partial charge in [0.25, 0.3) is 0 Å². The summed E-state index contributed by atoms with van der Waals surface area (Å²) in [6.45, 7) is 1.95. The SMILES string of the molecule is Cc1nc2ccccn2c1CCC(=O)Nc1ccc(Cl)cc1Cl. The number of nitrogens with one attached hydrogen (secondary N) is 1. The minimum atomic E-state index is -0.0977. The van der Waals surface area contributed by atoms with E-state index in [9.17, 15) is 4.79 Å². The van der Waals surface area contributed by atoms with Gasteiger partial charge in [0, 0.05) is 23.3 Å². The third-order valence-electron chi connectivity index (χ3n) is 3.62. The number of anilines is 1. The van der Waals surface area contributed by atoms with Crippen LogP contribution in [-0.4, -0.2) is 15.3 Å². The first-order valence-corrected chi connectivity index (χ1v) is 7.97. The van der Waals surface area contributed by atoms with Crippen molar-refractivity contribution in [3.05, 3.63) is 64.0 Å². The molecule has 0 spiro atoms. The number of carbonyl (C=O) groups excluding carboxylic acids is 1. The summed E-state index contributed by atoms with van der Waals surface area (Å²) in [5, 5.41) is 3.77. The number of carbonyl (C=O) groups is 1. The Kier molecular flexibility index (Phi) is 4.55. The van der Waals surface area contributed by atoms with Crippen LogP contribution in [-0.2, 0) is 11.2 Å². The average molecular weight is 348 g/mol. The number of amides is 1. The van der Waals surface area contributed by atoms with E-state index in [4.69, 9.17) is 23.2 Å². The molecule has 3 rings (SSSR count). The van der Waals surface area contributed by atoms with Crippen LogP contribution in [0.5, 0.6) is 0 Å². The smallest absolute Gasteiger partial charge is 0.224 e. The average Bonchev–Trinajstić information content (AvgIpc) is 2.83. The number of hydrogen-bond donors (Lipinski definition) is 1. The van der Waals surface area contributed by atoms with E-state index in [1.807, 2.05) is 35.7 Å². The molecule has 0 fully saturated rings. The molecule has 3 aromatic rings. The fourth-order valence-electron chi connectivity index (χ4n) is 2.50. The van der Waals surface area contributed by atoms with E-state index in [0.717, 1.165) is 17.0 Å². The number of aryl methyl sites for hydroxylation is 2. The van der Waals surface area contributed by atoms with Gasteiger partial charge in [0.15, 0.2) is 0 Å². The van der Waals surface area contributed by atoms with Crippen LogP contribution in [0.4, 0.5) is 5.69 Å². The van der Waals surface area contributed by atoms with Crippen molar-refractivity contribution < 1.29 is 4.79 Å². The zero-order valence-corrected chi connectivity index (χ0v) is 14.0. The van der Waals surface area contributed by atoms with Gasteiger partial charge in [-0.3, -0.25) is 4.79 Å². The van der Waals surface area contributed by atoms with Crippen molar-refractivity contribution in [2.24, 2.45) is 0 Å². The molecule has 1 aromatic carbocycles. The van der Waals surface area contributed by atoms with E-state index < -0.39 is 0 Å². The Bertz CT molecular complexity index is 873. The summed E-state index contributed by atoms with van der Waals surface area (Å²) in [7, 11) is 0. The van der Waals surface area contributed by atoms with Crippen molar-refractivity contribution in [2.45, 2.75) is 19.8 Å². The lowest BCUT2D eigenvalue weighted by molar-refractivity contribution is -0.116. The van der Waals surface area contributed by atoms with Gasteiger partial charge in [0.1, 0.15) is 5.65 Å². The Labute approximate surface area is 144 Å². The maximum absolute atomic E-state index is 12.2. The van der Waals surface area contributed by atoms with E-state index >= 15 is 0 Å². The topological polar surface area (TPSA) is 46.4 Å². The van der Waals surface area contributed by atoms with Crippen LogP contribution in [0, 0.1) is 6.92 Å². The Morgan fingerprint density at radius 2 is 2.09 bits per heavy atom. The van der Waals surface area contributed by atoms with Crippen molar-refractivity contribution in [3.63, 3.8) is 0 Å². The number of imidazole rings is 1. The van der Waals surface area contributed by atoms with Crippen molar-refractivity contribution in [1.29, 1.82) is 0 Å². The number of benzene rings is 1. The highest BCUT2D eigenvalue weighted by molar-refractivity contribution is 6.36. The molecule has 1 N–H and O–H groups in total. The Balaban J connectivity index is 1.70. The lowest BCUT2D eigenvalue weighted by Crippen LogP contribution is -2.13. The molecular formula is C17H15Cl2N3O. The third kappa shape index (κ3) is 3.49. The van der Waals surface area contributed by atoms with Gasteiger partial charge in [-0.2, -0.15) is 0 Å². The van der Waals surface area contributed by atoms with E-state index in [2.05, 4.69) is 10.3 Å². The quantitative estimate of drug-likeness (QED) is 0.753. The summed E-state index contributed by atoms with van der Waals surface area (Å²) in [4.78, 5) is 16.7. The number of halogens is 2. The number of pyridine rings is 1. The molecule has 0 bridgehead atoms. The minimum absolute atomic E-state index is 0.0977. The van der Waals surface area contributed by atoms with Gasteiger partial charge in [-0.25, -0.2) is 4.98 Å². The highest BCUT2D eigenvalue weighted by Gasteiger charge is 2.11. The van der Waals surface area contributed by atoms with Gasteiger partial charge in [-0.05, 0) is 43.7 Å². The number of fused-ring (bicyclic) bond motifs is 1. The number of aromatic nitrogens is 2. The summed E-state index contributed by atoms with van der Waals surface area (Å²) in [5.41, 5.74) is 3.43. The molecule has 0 aliphatic rings. The van der Waals surface area contributed by atoms with Crippen LogP contribution < -0.4 is 5.32 Å². The maximum Gasteiger partial charge on any atom is 0.224 e. The first-order valence-electron chi connectivity index (χ1n) is 7.22. The van der Waals surface area contributed by atoms with Crippen LogP contribution in [0.2, 0.25) is 10.0 Å². The molecule has 118 valence electrons. The van der Waals surface area contributed by atoms with Gasteiger partial charge in [0.2, 0.25) is 5.91 Å². The predicted molar refractivity (Wildman–Crippen MR) is 93.3 cm³/mol. The molecule has 0 radical (unpaired) electrons. The van der Waals surface area contributed by atoms with E-state index in [1.165, 1.54) is 0 Å². The summed E-state index contributed by atoms with van der Waals surface area (Å²) >= 11 is 11.9. The molecule has 0 unspecified atom stereocenters. The highest BCUT2D eigenvalue weighted by atomic mass is 35.5. The predicted octanol–water partition coefficient (Wildman–Crippen LogP) is 4.52. The van der Waals surface area contributed by atoms with Gasteiger partial charge in [-0.1, -0.05) is 29.3 Å². The maximum atomic E-state index is 12.2. The molecule has 1 amide bonds. The molecule has 2 aromatic heterocycles. The van der Waals surface area contributed by atoms with Crippen LogP contribution in [0.15, 0.2) is 42.6 Å². The first kappa shape index (κ1) is 15.8. The monoisotopic (exact) mass is 347 g/mol. The molecule has 4 nitrogen and oxygen atoms in total. The molecule has 2 heterocycles. The van der Waals surface area contributed by atoms with Crippen LogP contribution in [0.1, 0.15) is 17.8 Å². The fraction of sp³-hybridized carbons (Fsp3) is 0.176. The van der Waals surface area contributed by atoms with Crippen molar-refractivity contribution in [2.75, 3.05) is 5.32 Å². The zero-order chi connectivity index (χ0) is 16.4. The van der Waals surface area contributed by atoms with Crippen LogP contribution in [0.3, 0.4) is 0 Å².